The summed E-state index contributed by atoms with van der Waals surface area (Å²) >= 11 is 5.94. The van der Waals surface area contributed by atoms with Gasteiger partial charge in [0.15, 0.2) is 0 Å². The average molecular weight is 560 g/mol. The van der Waals surface area contributed by atoms with Gasteiger partial charge in [-0.25, -0.2) is 14.4 Å². The Kier molecular flexibility index (Phi) is 9.77. The smallest absolute Gasteiger partial charge is 0.293 e. The molecule has 0 saturated carbocycles. The molecule has 210 valence electrons. The van der Waals surface area contributed by atoms with Crippen LogP contribution < -0.4 is 20.7 Å². The number of fused-ring (bicyclic) bond motifs is 1. The van der Waals surface area contributed by atoms with Gasteiger partial charge < -0.3 is 30.2 Å². The van der Waals surface area contributed by atoms with E-state index < -0.39 is 5.82 Å². The van der Waals surface area contributed by atoms with E-state index in [1.807, 2.05) is 32.9 Å². The minimum absolute atomic E-state index is 0.0262. The molecule has 3 heterocycles. The van der Waals surface area contributed by atoms with Crippen molar-refractivity contribution < 1.29 is 23.4 Å². The van der Waals surface area contributed by atoms with Crippen LogP contribution in [0.25, 0.3) is 10.9 Å². The molecule has 0 amide bonds. The summed E-state index contributed by atoms with van der Waals surface area (Å²) in [6.45, 7) is 9.16. The monoisotopic (exact) mass is 559 g/mol. The Morgan fingerprint density at radius 1 is 1.21 bits per heavy atom. The molecule has 0 spiro atoms. The van der Waals surface area contributed by atoms with Gasteiger partial charge in [0.2, 0.25) is 0 Å². The molecule has 2 saturated heterocycles. The number of benzene rings is 2. The minimum atomic E-state index is -0.463. The van der Waals surface area contributed by atoms with Crippen molar-refractivity contribution in [2.24, 2.45) is 0 Å². The standard InChI is InChI=1S/C23H25ClFN5O2.C5H10O2/c24-18-8-14(3-4-19(18)25)30-23-17-9-21(29-15-2-1-6-26-11-15)22(10-20(17)27-13-28-23)32-16-5-7-31-12-16;1-5(2,3)7-4-6/h3-4,8-10,13,15-16,26,29H,1-2,5-7,11-12H2,(H,27,28,30);4H,1-3H3/t15-,16?;/m0./s1. The lowest BCUT2D eigenvalue weighted by atomic mass is 10.1. The number of aromatic nitrogens is 2. The molecule has 0 bridgehead atoms. The summed E-state index contributed by atoms with van der Waals surface area (Å²) in [5.74, 6) is 0.904. The predicted octanol–water partition coefficient (Wildman–Crippen LogP) is 5.46. The molecule has 9 nitrogen and oxygen atoms in total. The number of hydrogen-bond donors (Lipinski definition) is 3. The fourth-order valence-corrected chi connectivity index (χ4v) is 4.41. The second kappa shape index (κ2) is 13.2. The van der Waals surface area contributed by atoms with E-state index in [1.54, 1.807) is 6.07 Å². The quantitative estimate of drug-likeness (QED) is 0.325. The first-order chi connectivity index (χ1) is 18.7. The number of anilines is 3. The highest BCUT2D eigenvalue weighted by Crippen LogP contribution is 2.35. The zero-order chi connectivity index (χ0) is 27.8. The van der Waals surface area contributed by atoms with Crippen molar-refractivity contribution in [2.75, 3.05) is 36.9 Å². The summed E-state index contributed by atoms with van der Waals surface area (Å²) in [4.78, 5) is 18.5. The Balaban J connectivity index is 0.000000448. The van der Waals surface area contributed by atoms with Crippen molar-refractivity contribution in [2.45, 2.75) is 57.8 Å². The van der Waals surface area contributed by atoms with Gasteiger partial charge in [0.05, 0.1) is 29.4 Å². The first-order valence-corrected chi connectivity index (χ1v) is 13.4. The van der Waals surface area contributed by atoms with Crippen LogP contribution in [0.3, 0.4) is 0 Å². The van der Waals surface area contributed by atoms with E-state index in [9.17, 15) is 9.18 Å². The Hall–Kier alpha value is -3.21. The molecule has 3 N–H and O–H groups in total. The number of hydrogen-bond acceptors (Lipinski definition) is 9. The van der Waals surface area contributed by atoms with Crippen LogP contribution in [0.2, 0.25) is 5.02 Å². The molecule has 2 aliphatic heterocycles. The number of halogens is 2. The van der Waals surface area contributed by atoms with Crippen molar-refractivity contribution in [1.82, 2.24) is 15.3 Å². The highest BCUT2D eigenvalue weighted by Gasteiger charge is 2.22. The van der Waals surface area contributed by atoms with Gasteiger partial charge in [0, 0.05) is 36.1 Å². The SMILES string of the molecule is CC(C)(C)OC=O.Fc1ccc(Nc2ncnc3cc(OC4CCOC4)c(N[C@H]4CCCNC4)cc23)cc1Cl. The minimum Gasteiger partial charge on any atom is -0.486 e. The molecular formula is C28H35ClFN5O4. The molecule has 11 heteroatoms. The molecule has 2 aliphatic rings. The summed E-state index contributed by atoms with van der Waals surface area (Å²) < 4.78 is 29.9. The van der Waals surface area contributed by atoms with E-state index in [4.69, 9.17) is 21.1 Å². The predicted molar refractivity (Wildman–Crippen MR) is 150 cm³/mol. The third-order valence-electron chi connectivity index (χ3n) is 6.16. The van der Waals surface area contributed by atoms with Gasteiger partial charge >= 0.3 is 0 Å². The average Bonchev–Trinajstić information content (AvgIpc) is 3.40. The van der Waals surface area contributed by atoms with Crippen molar-refractivity contribution in [3.8, 4) is 5.75 Å². The Morgan fingerprint density at radius 3 is 2.69 bits per heavy atom. The van der Waals surface area contributed by atoms with Gasteiger partial charge in [-0.2, -0.15) is 0 Å². The highest BCUT2D eigenvalue weighted by atomic mass is 35.5. The normalized spacial score (nSPS) is 19.1. The van der Waals surface area contributed by atoms with E-state index >= 15 is 0 Å². The summed E-state index contributed by atoms with van der Waals surface area (Å²) in [7, 11) is 0. The van der Waals surface area contributed by atoms with E-state index in [1.165, 1.54) is 18.5 Å². The summed E-state index contributed by atoms with van der Waals surface area (Å²) in [6.07, 6.45) is 4.60. The van der Waals surface area contributed by atoms with Crippen LogP contribution in [0.1, 0.15) is 40.0 Å². The van der Waals surface area contributed by atoms with Crippen LogP contribution in [-0.2, 0) is 14.3 Å². The van der Waals surface area contributed by atoms with Gasteiger partial charge in [-0.15, -0.1) is 0 Å². The third kappa shape index (κ3) is 8.39. The summed E-state index contributed by atoms with van der Waals surface area (Å²) in [5, 5.41) is 11.2. The molecule has 5 rings (SSSR count). The van der Waals surface area contributed by atoms with Crippen LogP contribution in [0, 0.1) is 5.82 Å². The highest BCUT2D eigenvalue weighted by molar-refractivity contribution is 6.31. The lowest BCUT2D eigenvalue weighted by Crippen LogP contribution is -2.38. The summed E-state index contributed by atoms with van der Waals surface area (Å²) in [5.41, 5.74) is 1.97. The topological polar surface area (TPSA) is 107 Å². The second-order valence-corrected chi connectivity index (χ2v) is 10.9. The maximum atomic E-state index is 13.6. The molecule has 1 unspecified atom stereocenters. The molecule has 39 heavy (non-hydrogen) atoms. The maximum absolute atomic E-state index is 13.6. The van der Waals surface area contributed by atoms with Crippen molar-refractivity contribution in [1.29, 1.82) is 0 Å². The van der Waals surface area contributed by atoms with Gasteiger partial charge in [-0.05, 0) is 64.4 Å². The van der Waals surface area contributed by atoms with Crippen LogP contribution in [0.15, 0.2) is 36.7 Å². The molecule has 2 aromatic carbocycles. The molecule has 0 aliphatic carbocycles. The Bertz CT molecular complexity index is 1260. The van der Waals surface area contributed by atoms with E-state index in [0.717, 1.165) is 54.7 Å². The lowest BCUT2D eigenvalue weighted by molar-refractivity contribution is -0.138. The number of ether oxygens (including phenoxy) is 3. The number of carbonyl (C=O) groups excluding carboxylic acids is 1. The largest absolute Gasteiger partial charge is 0.486 e. The Labute approximate surface area is 232 Å². The summed E-state index contributed by atoms with van der Waals surface area (Å²) in [6, 6.07) is 8.75. The zero-order valence-corrected chi connectivity index (χ0v) is 23.2. The number of carbonyl (C=O) groups is 1. The number of piperidine rings is 1. The lowest BCUT2D eigenvalue weighted by Gasteiger charge is -2.27. The van der Waals surface area contributed by atoms with Crippen molar-refractivity contribution in [3.63, 3.8) is 0 Å². The maximum Gasteiger partial charge on any atom is 0.293 e. The molecule has 3 aromatic rings. The molecule has 2 atom stereocenters. The molecular weight excluding hydrogens is 525 g/mol. The number of rotatable bonds is 7. The zero-order valence-electron chi connectivity index (χ0n) is 22.4. The van der Waals surface area contributed by atoms with Crippen LogP contribution in [-0.4, -0.2) is 60.5 Å². The van der Waals surface area contributed by atoms with Crippen LogP contribution in [0.5, 0.6) is 5.75 Å². The fourth-order valence-electron chi connectivity index (χ4n) is 4.23. The van der Waals surface area contributed by atoms with E-state index in [-0.39, 0.29) is 16.7 Å². The van der Waals surface area contributed by atoms with Crippen molar-refractivity contribution in [3.05, 3.63) is 47.5 Å². The molecule has 2 fully saturated rings. The molecule has 1 aromatic heterocycles. The Morgan fingerprint density at radius 2 is 2.05 bits per heavy atom. The van der Waals surface area contributed by atoms with E-state index in [0.29, 0.717) is 37.2 Å². The number of nitrogens with zero attached hydrogens (tertiary/aromatic N) is 2. The van der Waals surface area contributed by atoms with Crippen LogP contribution >= 0.6 is 11.6 Å². The first kappa shape index (κ1) is 28.8. The fraction of sp³-hybridized carbons (Fsp3) is 0.464. The molecule has 0 radical (unpaired) electrons. The van der Waals surface area contributed by atoms with Gasteiger partial charge in [-0.3, -0.25) is 4.79 Å². The van der Waals surface area contributed by atoms with Gasteiger partial charge in [-0.1, -0.05) is 11.6 Å². The second-order valence-electron chi connectivity index (χ2n) is 10.5. The van der Waals surface area contributed by atoms with Gasteiger partial charge in [0.25, 0.3) is 6.47 Å². The van der Waals surface area contributed by atoms with Crippen LogP contribution in [0.4, 0.5) is 21.6 Å². The van der Waals surface area contributed by atoms with E-state index in [2.05, 4.69) is 30.7 Å². The van der Waals surface area contributed by atoms with Crippen molar-refractivity contribution >= 4 is 46.2 Å². The number of nitrogens with one attached hydrogen (secondary N) is 3. The third-order valence-corrected chi connectivity index (χ3v) is 6.45. The first-order valence-electron chi connectivity index (χ1n) is 13.1. The van der Waals surface area contributed by atoms with Gasteiger partial charge in [0.1, 0.15) is 35.4 Å².